The van der Waals surface area contributed by atoms with Gasteiger partial charge in [-0.25, -0.2) is 4.79 Å². The molecule has 280 valence electrons. The third-order valence-corrected chi connectivity index (χ3v) is 9.47. The van der Waals surface area contributed by atoms with Crippen LogP contribution < -0.4 is 11.1 Å². The van der Waals surface area contributed by atoms with Crippen molar-refractivity contribution in [1.82, 2.24) is 15.3 Å². The van der Waals surface area contributed by atoms with Crippen molar-refractivity contribution in [2.75, 3.05) is 13.1 Å². The van der Waals surface area contributed by atoms with Gasteiger partial charge < -0.3 is 15.8 Å². The van der Waals surface area contributed by atoms with Crippen molar-refractivity contribution in [3.63, 3.8) is 0 Å². The molecular weight excluding hydrogens is 744 g/mol. The van der Waals surface area contributed by atoms with Crippen LogP contribution in [0.2, 0.25) is 0 Å². The number of alkyl carbamates (subject to hydrolysis) is 1. The van der Waals surface area contributed by atoms with Gasteiger partial charge in [-0.05, 0) is 110 Å². The van der Waals surface area contributed by atoms with E-state index in [9.17, 15) is 14.4 Å². The Hall–Kier alpha value is -5.28. The van der Waals surface area contributed by atoms with Gasteiger partial charge in [0.25, 0.3) is 0 Å². The number of fused-ring (bicyclic) bond motifs is 2. The van der Waals surface area contributed by atoms with Crippen molar-refractivity contribution in [3.8, 4) is 0 Å². The second-order valence-electron chi connectivity index (χ2n) is 13.0. The standard InChI is InChI=1S/C22H24N2O3S.C17H16N2OS.ClHN4/c1-22(2,3)27-21(26)24-13-19(18-7-9-28-14-18)20(25)11-15-4-5-17-12-23-8-6-16(17)10-15;18-9-16(15-4-6-21-11-15)17(20)8-12-1-2-14-10-19-5-3-13(14)7-12;1-3-5-4-2/h4-10,12,14,19H,11,13H2,1-3H3,(H,24,26);1-7,10-11,16H,8-9,18H2;2H. The fourth-order valence-corrected chi connectivity index (χ4v) is 6.93. The van der Waals surface area contributed by atoms with Crippen LogP contribution in [0.4, 0.5) is 4.79 Å². The minimum atomic E-state index is -0.577. The number of rotatable bonds is 12. The molecule has 4 aromatic heterocycles. The highest BCUT2D eigenvalue weighted by Gasteiger charge is 2.24. The summed E-state index contributed by atoms with van der Waals surface area (Å²) in [6, 6.07) is 19.8. The quantitative estimate of drug-likeness (QED) is 0.0815. The molecule has 0 radical (unpaired) electrons. The van der Waals surface area contributed by atoms with E-state index >= 15 is 0 Å². The van der Waals surface area contributed by atoms with Crippen molar-refractivity contribution < 1.29 is 19.1 Å². The highest BCUT2D eigenvalue weighted by molar-refractivity contribution is 7.08. The summed E-state index contributed by atoms with van der Waals surface area (Å²) in [7, 11) is 0. The topological polar surface area (TPSA) is 185 Å². The number of benzene rings is 2. The summed E-state index contributed by atoms with van der Waals surface area (Å²) in [6.07, 6.45) is 7.34. The highest BCUT2D eigenvalue weighted by Crippen LogP contribution is 2.24. The van der Waals surface area contributed by atoms with Crippen LogP contribution in [0, 0.1) is 5.53 Å². The summed E-state index contributed by atoms with van der Waals surface area (Å²) >= 11 is 7.68. The Morgan fingerprint density at radius 3 is 1.76 bits per heavy atom. The van der Waals surface area contributed by atoms with Crippen LogP contribution in [0.25, 0.3) is 21.5 Å². The zero-order valence-electron chi connectivity index (χ0n) is 30.0. The minimum Gasteiger partial charge on any atom is -0.444 e. The summed E-state index contributed by atoms with van der Waals surface area (Å²) in [4.78, 5) is 45.8. The first-order chi connectivity index (χ1) is 26.0. The van der Waals surface area contributed by atoms with E-state index in [1.807, 2.05) is 103 Å². The Kier molecular flexibility index (Phi) is 16.0. The molecule has 0 fully saturated rings. The fourth-order valence-electron chi connectivity index (χ4n) is 5.47. The third kappa shape index (κ3) is 13.0. The first-order valence-electron chi connectivity index (χ1n) is 16.8. The number of Topliss-reactive ketones (excluding diaryl/α,β-unsaturated/α-hetero) is 2. The molecule has 15 heteroatoms. The van der Waals surface area contributed by atoms with E-state index in [4.69, 9.17) is 16.0 Å². The third-order valence-electron chi connectivity index (χ3n) is 8.00. The van der Waals surface area contributed by atoms with Gasteiger partial charge in [-0.15, -0.1) is 0 Å². The van der Waals surface area contributed by atoms with Crippen molar-refractivity contribution in [3.05, 3.63) is 129 Å². The van der Waals surface area contributed by atoms with E-state index in [-0.39, 0.29) is 24.0 Å². The van der Waals surface area contributed by atoms with E-state index in [0.29, 0.717) is 19.4 Å². The number of ketones is 2. The number of hydrogen-bond acceptors (Lipinski definition) is 11. The van der Waals surface area contributed by atoms with E-state index in [2.05, 4.69) is 48.2 Å². The normalized spacial score (nSPS) is 12.2. The maximum absolute atomic E-state index is 13.0. The van der Waals surface area contributed by atoms with Crippen LogP contribution in [-0.4, -0.2) is 46.3 Å². The molecule has 4 heterocycles. The molecule has 0 saturated heterocycles. The smallest absolute Gasteiger partial charge is 0.407 e. The summed E-state index contributed by atoms with van der Waals surface area (Å²) in [6.45, 7) is 5.99. The molecular formula is C39H41ClN8O4S2. The largest absolute Gasteiger partial charge is 0.444 e. The van der Waals surface area contributed by atoms with Crippen LogP contribution in [0.1, 0.15) is 54.9 Å². The van der Waals surface area contributed by atoms with Gasteiger partial charge in [0, 0.05) is 61.5 Å². The molecule has 0 aliphatic carbocycles. The molecule has 2 aromatic carbocycles. The van der Waals surface area contributed by atoms with Crippen molar-refractivity contribution in [1.29, 1.82) is 5.53 Å². The van der Waals surface area contributed by atoms with Crippen molar-refractivity contribution >= 4 is 73.7 Å². The molecule has 0 aliphatic heterocycles. The Balaban J connectivity index is 0.000000220. The number of ether oxygens (including phenoxy) is 1. The number of carbonyl (C=O) groups is 3. The van der Waals surface area contributed by atoms with Crippen LogP contribution in [0.3, 0.4) is 0 Å². The summed E-state index contributed by atoms with van der Waals surface area (Å²) in [5, 5.41) is 20.0. The number of nitrogens with one attached hydrogen (secondary N) is 2. The van der Waals surface area contributed by atoms with Crippen LogP contribution in [0.5, 0.6) is 0 Å². The molecule has 54 heavy (non-hydrogen) atoms. The first-order valence-corrected chi connectivity index (χ1v) is 19.0. The van der Waals surface area contributed by atoms with Crippen molar-refractivity contribution in [2.24, 2.45) is 20.8 Å². The number of hydrogen-bond donors (Lipinski definition) is 3. The molecule has 0 spiro atoms. The SMILES string of the molecule is CC(C)(C)OC(=O)NCC(C(=O)Cc1ccc2cnccc2c1)c1ccsc1.N=NN=NCl.NCC(C(=O)Cc1ccc2cnccc2c1)c1ccsc1. The second-order valence-corrected chi connectivity index (χ2v) is 14.7. The van der Waals surface area contributed by atoms with E-state index in [1.165, 1.54) is 11.3 Å². The summed E-state index contributed by atoms with van der Waals surface area (Å²) in [5.74, 6) is -0.386. The summed E-state index contributed by atoms with van der Waals surface area (Å²) in [5.41, 5.74) is 15.0. The lowest BCUT2D eigenvalue weighted by atomic mass is 9.92. The summed E-state index contributed by atoms with van der Waals surface area (Å²) < 4.78 is 7.88. The minimum absolute atomic E-state index is 0.0582. The molecule has 6 aromatic rings. The molecule has 0 bridgehead atoms. The van der Waals surface area contributed by atoms with Gasteiger partial charge in [0.05, 0.1) is 23.6 Å². The zero-order chi connectivity index (χ0) is 38.9. The predicted molar refractivity (Wildman–Crippen MR) is 214 cm³/mol. The molecule has 2 unspecified atom stereocenters. The van der Waals surface area contributed by atoms with Gasteiger partial charge in [-0.2, -0.15) is 28.2 Å². The van der Waals surface area contributed by atoms with Gasteiger partial charge in [-0.1, -0.05) is 41.0 Å². The maximum atomic E-state index is 13.0. The average Bonchev–Trinajstić information content (AvgIpc) is 3.88. The average molecular weight is 785 g/mol. The number of aromatic nitrogens is 2. The van der Waals surface area contributed by atoms with E-state index in [0.717, 1.165) is 43.8 Å². The van der Waals surface area contributed by atoms with Gasteiger partial charge in [0.1, 0.15) is 17.2 Å². The molecule has 4 N–H and O–H groups in total. The Labute approximate surface area is 326 Å². The second kappa shape index (κ2) is 20.8. The lowest BCUT2D eigenvalue weighted by molar-refractivity contribution is -0.120. The van der Waals surface area contributed by atoms with Gasteiger partial charge in [0.2, 0.25) is 0 Å². The lowest BCUT2D eigenvalue weighted by Gasteiger charge is -2.21. The van der Waals surface area contributed by atoms with Crippen LogP contribution >= 0.6 is 34.5 Å². The molecule has 1 amide bonds. The van der Waals surface area contributed by atoms with Gasteiger partial charge >= 0.3 is 6.09 Å². The maximum Gasteiger partial charge on any atom is 0.407 e. The van der Waals surface area contributed by atoms with E-state index in [1.54, 1.807) is 29.9 Å². The number of pyridine rings is 2. The molecule has 0 saturated carbocycles. The Morgan fingerprint density at radius 1 is 0.815 bits per heavy atom. The Morgan fingerprint density at radius 2 is 1.33 bits per heavy atom. The number of amides is 1. The zero-order valence-corrected chi connectivity index (χ0v) is 32.4. The Bertz CT molecular complexity index is 2160. The highest BCUT2D eigenvalue weighted by atomic mass is 35.5. The van der Waals surface area contributed by atoms with Crippen LogP contribution in [-0.2, 0) is 27.2 Å². The number of carbonyl (C=O) groups excluding carboxylic acids is 3. The molecule has 6 rings (SSSR count). The number of nitrogens with zero attached hydrogens (tertiary/aromatic N) is 5. The number of nitrogens with two attached hydrogens (primary N) is 1. The first kappa shape index (κ1) is 41.5. The fraction of sp³-hybridized carbons (Fsp3) is 0.256. The van der Waals surface area contributed by atoms with Crippen LogP contribution in [0.15, 0.2) is 122 Å². The number of halogens is 1. The monoisotopic (exact) mass is 784 g/mol. The van der Waals surface area contributed by atoms with Gasteiger partial charge in [-0.3, -0.25) is 19.6 Å². The molecule has 0 aliphatic rings. The van der Waals surface area contributed by atoms with Gasteiger partial charge in [0.15, 0.2) is 0 Å². The van der Waals surface area contributed by atoms with Crippen molar-refractivity contribution in [2.45, 2.75) is 51.0 Å². The molecule has 2 atom stereocenters. The number of thiophene rings is 2. The lowest BCUT2D eigenvalue weighted by Crippen LogP contribution is -2.36. The van der Waals surface area contributed by atoms with E-state index < -0.39 is 17.6 Å². The molecule has 12 nitrogen and oxygen atoms in total. The predicted octanol–water partition coefficient (Wildman–Crippen LogP) is 9.41.